The summed E-state index contributed by atoms with van der Waals surface area (Å²) in [4.78, 5) is 0. The molecule has 0 radical (unpaired) electrons. The highest BCUT2D eigenvalue weighted by molar-refractivity contribution is 5.17. The van der Waals surface area contributed by atoms with Gasteiger partial charge in [-0.1, -0.05) is 52.7 Å². The van der Waals surface area contributed by atoms with Crippen LogP contribution in [0.25, 0.3) is 0 Å². The van der Waals surface area contributed by atoms with Crippen molar-refractivity contribution in [1.82, 2.24) is 0 Å². The van der Waals surface area contributed by atoms with Gasteiger partial charge in [-0.15, -0.1) is 0 Å². The Hall–Kier alpha value is -0.260. The van der Waals surface area contributed by atoms with Crippen molar-refractivity contribution in [3.8, 4) is 0 Å². The summed E-state index contributed by atoms with van der Waals surface area (Å²) in [6.07, 6.45) is 0. The van der Waals surface area contributed by atoms with Gasteiger partial charge in [0.1, 0.15) is 0 Å². The van der Waals surface area contributed by atoms with Gasteiger partial charge in [0.25, 0.3) is 0 Å². The Labute approximate surface area is 78.1 Å². The summed E-state index contributed by atoms with van der Waals surface area (Å²) in [6.45, 7) is 16.0. The summed E-state index contributed by atoms with van der Waals surface area (Å²) in [5.41, 5.74) is 3.23. The van der Waals surface area contributed by atoms with Crippen LogP contribution in [0, 0.1) is 17.8 Å². The SMILES string of the molecule is CC(=C(C(C)C)C(C)C)C(C)C. The highest BCUT2D eigenvalue weighted by atomic mass is 14.2. The van der Waals surface area contributed by atoms with E-state index in [1.165, 1.54) is 0 Å². The Kier molecular flexibility index (Phi) is 4.59. The fourth-order valence-electron chi connectivity index (χ4n) is 1.91. The monoisotopic (exact) mass is 168 g/mol. The van der Waals surface area contributed by atoms with Crippen molar-refractivity contribution >= 4 is 0 Å². The molecule has 0 aliphatic heterocycles. The minimum absolute atomic E-state index is 0.699. The van der Waals surface area contributed by atoms with Gasteiger partial charge in [0.05, 0.1) is 0 Å². The molecule has 0 aliphatic rings. The smallest absolute Gasteiger partial charge is 0.0255 e. The first-order chi connectivity index (χ1) is 5.37. The summed E-state index contributed by atoms with van der Waals surface area (Å²) in [7, 11) is 0. The van der Waals surface area contributed by atoms with Crippen LogP contribution in [-0.4, -0.2) is 0 Å². The quantitative estimate of drug-likeness (QED) is 0.552. The normalized spacial score (nSPS) is 11.5. The van der Waals surface area contributed by atoms with Gasteiger partial charge in [-0.2, -0.15) is 0 Å². The van der Waals surface area contributed by atoms with Crippen molar-refractivity contribution in [3.05, 3.63) is 11.1 Å². The standard InChI is InChI=1S/C12H24/c1-8(2)11(7)12(9(3)4)10(5)6/h8-10H,1-7H3. The Bertz CT molecular complexity index is 149. The molecular formula is C12H24. The van der Waals surface area contributed by atoms with Crippen LogP contribution >= 0.6 is 0 Å². The first-order valence-electron chi connectivity index (χ1n) is 5.08. The van der Waals surface area contributed by atoms with E-state index in [-0.39, 0.29) is 0 Å². The molecule has 0 aromatic heterocycles. The van der Waals surface area contributed by atoms with E-state index in [1.807, 2.05) is 0 Å². The largest absolute Gasteiger partial charge is 0.0710 e. The fraction of sp³-hybridized carbons (Fsp3) is 0.833. The van der Waals surface area contributed by atoms with Crippen LogP contribution in [0.15, 0.2) is 11.1 Å². The van der Waals surface area contributed by atoms with Gasteiger partial charge in [-0.25, -0.2) is 0 Å². The molecule has 0 heteroatoms. The maximum absolute atomic E-state index is 2.29. The molecule has 72 valence electrons. The van der Waals surface area contributed by atoms with Crippen LogP contribution in [0.3, 0.4) is 0 Å². The summed E-state index contributed by atoms with van der Waals surface area (Å²) in [6, 6.07) is 0. The third kappa shape index (κ3) is 3.00. The van der Waals surface area contributed by atoms with Crippen molar-refractivity contribution in [2.24, 2.45) is 17.8 Å². The van der Waals surface area contributed by atoms with Crippen LogP contribution in [0.4, 0.5) is 0 Å². The van der Waals surface area contributed by atoms with Crippen molar-refractivity contribution in [1.29, 1.82) is 0 Å². The van der Waals surface area contributed by atoms with E-state index in [0.717, 1.165) is 0 Å². The Morgan fingerprint density at radius 2 is 1.00 bits per heavy atom. The zero-order chi connectivity index (χ0) is 9.89. The summed E-state index contributed by atoms with van der Waals surface area (Å²) in [5.74, 6) is 2.10. The zero-order valence-electron chi connectivity index (χ0n) is 9.73. The molecule has 0 aromatic rings. The van der Waals surface area contributed by atoms with Gasteiger partial charge in [-0.3, -0.25) is 0 Å². The second-order valence-corrected chi connectivity index (χ2v) is 4.60. The zero-order valence-corrected chi connectivity index (χ0v) is 9.73. The Balaban J connectivity index is 4.81. The third-order valence-electron chi connectivity index (χ3n) is 2.57. The molecule has 0 aliphatic carbocycles. The topological polar surface area (TPSA) is 0 Å². The first kappa shape index (κ1) is 11.7. The van der Waals surface area contributed by atoms with Gasteiger partial charge in [0.15, 0.2) is 0 Å². The van der Waals surface area contributed by atoms with E-state index in [1.54, 1.807) is 11.1 Å². The van der Waals surface area contributed by atoms with Gasteiger partial charge in [0, 0.05) is 0 Å². The maximum Gasteiger partial charge on any atom is -0.0255 e. The van der Waals surface area contributed by atoms with Crippen molar-refractivity contribution < 1.29 is 0 Å². The van der Waals surface area contributed by atoms with Crippen molar-refractivity contribution in [2.45, 2.75) is 48.5 Å². The number of hydrogen-bond acceptors (Lipinski definition) is 0. The van der Waals surface area contributed by atoms with Gasteiger partial charge in [-0.05, 0) is 24.7 Å². The van der Waals surface area contributed by atoms with Crippen LogP contribution in [-0.2, 0) is 0 Å². The van der Waals surface area contributed by atoms with E-state index < -0.39 is 0 Å². The molecule has 0 fully saturated rings. The third-order valence-corrected chi connectivity index (χ3v) is 2.57. The molecule has 0 nitrogen and oxygen atoms in total. The molecule has 0 spiro atoms. The molecule has 0 bridgehead atoms. The lowest BCUT2D eigenvalue weighted by molar-refractivity contribution is 0.588. The second kappa shape index (κ2) is 4.69. The Morgan fingerprint density at radius 1 is 0.667 bits per heavy atom. The number of allylic oxidation sites excluding steroid dienone is 2. The molecule has 0 unspecified atom stereocenters. The lowest BCUT2D eigenvalue weighted by atomic mass is 9.85. The van der Waals surface area contributed by atoms with Crippen LogP contribution in [0.2, 0.25) is 0 Å². The molecule has 0 saturated carbocycles. The molecule has 0 amide bonds. The second-order valence-electron chi connectivity index (χ2n) is 4.60. The van der Waals surface area contributed by atoms with Crippen LogP contribution in [0.5, 0.6) is 0 Å². The molecule has 0 saturated heterocycles. The lowest BCUT2D eigenvalue weighted by Gasteiger charge is -2.21. The lowest BCUT2D eigenvalue weighted by Crippen LogP contribution is -2.08. The molecule has 12 heavy (non-hydrogen) atoms. The fourth-order valence-corrected chi connectivity index (χ4v) is 1.91. The molecular weight excluding hydrogens is 144 g/mol. The van der Waals surface area contributed by atoms with E-state index >= 15 is 0 Å². The van der Waals surface area contributed by atoms with E-state index in [0.29, 0.717) is 17.8 Å². The molecule has 0 aromatic carbocycles. The number of hydrogen-bond donors (Lipinski definition) is 0. The minimum atomic E-state index is 0.699. The van der Waals surface area contributed by atoms with E-state index in [4.69, 9.17) is 0 Å². The molecule has 0 rings (SSSR count). The molecule has 0 N–H and O–H groups in total. The van der Waals surface area contributed by atoms with E-state index in [2.05, 4.69) is 48.5 Å². The average Bonchev–Trinajstić information content (AvgIpc) is 1.85. The Morgan fingerprint density at radius 3 is 1.08 bits per heavy atom. The molecule has 0 atom stereocenters. The first-order valence-corrected chi connectivity index (χ1v) is 5.08. The van der Waals surface area contributed by atoms with Gasteiger partial charge in [0.2, 0.25) is 0 Å². The number of rotatable bonds is 3. The highest BCUT2D eigenvalue weighted by Gasteiger charge is 2.12. The minimum Gasteiger partial charge on any atom is -0.0710 e. The summed E-state index contributed by atoms with van der Waals surface area (Å²) < 4.78 is 0. The summed E-state index contributed by atoms with van der Waals surface area (Å²) >= 11 is 0. The van der Waals surface area contributed by atoms with Crippen molar-refractivity contribution in [3.63, 3.8) is 0 Å². The summed E-state index contributed by atoms with van der Waals surface area (Å²) in [5, 5.41) is 0. The van der Waals surface area contributed by atoms with Gasteiger partial charge < -0.3 is 0 Å². The van der Waals surface area contributed by atoms with E-state index in [9.17, 15) is 0 Å². The predicted molar refractivity (Wildman–Crippen MR) is 57.2 cm³/mol. The van der Waals surface area contributed by atoms with Gasteiger partial charge >= 0.3 is 0 Å². The van der Waals surface area contributed by atoms with Crippen LogP contribution < -0.4 is 0 Å². The maximum atomic E-state index is 2.29. The molecule has 0 heterocycles. The van der Waals surface area contributed by atoms with Crippen molar-refractivity contribution in [2.75, 3.05) is 0 Å². The average molecular weight is 168 g/mol. The highest BCUT2D eigenvalue weighted by Crippen LogP contribution is 2.26. The van der Waals surface area contributed by atoms with Crippen LogP contribution in [0.1, 0.15) is 48.5 Å². The predicted octanol–water partition coefficient (Wildman–Crippen LogP) is 4.27.